The molecular formula is C15H17ClN2O3. The van der Waals surface area contributed by atoms with E-state index in [4.69, 9.17) is 16.3 Å². The van der Waals surface area contributed by atoms with E-state index < -0.39 is 5.54 Å². The number of halogens is 1. The number of nitrogens with one attached hydrogen (secondary N) is 1. The van der Waals surface area contributed by atoms with Crippen molar-refractivity contribution in [2.75, 3.05) is 13.2 Å². The van der Waals surface area contributed by atoms with Crippen LogP contribution in [0.3, 0.4) is 0 Å². The highest BCUT2D eigenvalue weighted by Crippen LogP contribution is 2.34. The SMILES string of the molecule is O=C1NC2(CCCC2)C(=O)N1CCOc1ccc(Cl)cc1. The van der Waals surface area contributed by atoms with E-state index >= 15 is 0 Å². The molecule has 1 aromatic rings. The molecule has 5 nitrogen and oxygen atoms in total. The number of rotatable bonds is 4. The number of carbonyl (C=O) groups is 2. The molecular weight excluding hydrogens is 292 g/mol. The third-order valence-corrected chi connectivity index (χ3v) is 4.35. The van der Waals surface area contributed by atoms with Gasteiger partial charge in [0.25, 0.3) is 5.91 Å². The van der Waals surface area contributed by atoms with Gasteiger partial charge in [-0.05, 0) is 37.1 Å². The zero-order valence-electron chi connectivity index (χ0n) is 11.6. The van der Waals surface area contributed by atoms with Gasteiger partial charge in [-0.2, -0.15) is 0 Å². The summed E-state index contributed by atoms with van der Waals surface area (Å²) in [7, 11) is 0. The number of imide groups is 1. The van der Waals surface area contributed by atoms with E-state index in [-0.39, 0.29) is 25.1 Å². The highest BCUT2D eigenvalue weighted by molar-refractivity contribution is 6.30. The second-order valence-electron chi connectivity index (χ2n) is 5.48. The van der Waals surface area contributed by atoms with E-state index in [1.807, 2.05) is 0 Å². The Hall–Kier alpha value is -1.75. The van der Waals surface area contributed by atoms with Crippen LogP contribution in [-0.4, -0.2) is 35.5 Å². The average molecular weight is 309 g/mol. The summed E-state index contributed by atoms with van der Waals surface area (Å²) in [6.07, 6.45) is 3.46. The van der Waals surface area contributed by atoms with Crippen molar-refractivity contribution in [1.82, 2.24) is 10.2 Å². The molecule has 112 valence electrons. The number of nitrogens with zero attached hydrogens (tertiary/aromatic N) is 1. The first-order valence-corrected chi connectivity index (χ1v) is 7.51. The molecule has 6 heteroatoms. The second-order valence-corrected chi connectivity index (χ2v) is 5.91. The smallest absolute Gasteiger partial charge is 0.325 e. The molecule has 0 unspecified atom stereocenters. The van der Waals surface area contributed by atoms with Gasteiger partial charge in [-0.1, -0.05) is 24.4 Å². The van der Waals surface area contributed by atoms with Crippen LogP contribution in [0, 0.1) is 0 Å². The van der Waals surface area contributed by atoms with Crippen LogP contribution < -0.4 is 10.1 Å². The summed E-state index contributed by atoms with van der Waals surface area (Å²) in [6, 6.07) is 6.68. The first kappa shape index (κ1) is 14.2. The van der Waals surface area contributed by atoms with Crippen molar-refractivity contribution < 1.29 is 14.3 Å². The molecule has 1 saturated heterocycles. The number of urea groups is 1. The maximum atomic E-state index is 12.4. The molecule has 2 fully saturated rings. The van der Waals surface area contributed by atoms with Gasteiger partial charge in [0.1, 0.15) is 17.9 Å². The number of ether oxygens (including phenoxy) is 1. The van der Waals surface area contributed by atoms with Gasteiger partial charge in [-0.25, -0.2) is 4.79 Å². The number of carbonyl (C=O) groups excluding carboxylic acids is 2. The maximum Gasteiger partial charge on any atom is 0.325 e. The first-order valence-electron chi connectivity index (χ1n) is 7.13. The molecule has 1 heterocycles. The summed E-state index contributed by atoms with van der Waals surface area (Å²) < 4.78 is 5.54. The minimum absolute atomic E-state index is 0.107. The normalized spacial score (nSPS) is 20.1. The summed E-state index contributed by atoms with van der Waals surface area (Å²) in [5, 5.41) is 3.49. The number of hydrogen-bond donors (Lipinski definition) is 1. The number of hydrogen-bond acceptors (Lipinski definition) is 3. The van der Waals surface area contributed by atoms with Crippen LogP contribution in [-0.2, 0) is 4.79 Å². The molecule has 0 atom stereocenters. The molecule has 3 rings (SSSR count). The third kappa shape index (κ3) is 2.70. The lowest BCUT2D eigenvalue weighted by Gasteiger charge is -2.20. The van der Waals surface area contributed by atoms with Crippen LogP contribution in [0.25, 0.3) is 0 Å². The van der Waals surface area contributed by atoms with E-state index in [0.717, 1.165) is 25.7 Å². The Balaban J connectivity index is 1.56. The minimum Gasteiger partial charge on any atom is -0.492 e. The Morgan fingerprint density at radius 3 is 2.52 bits per heavy atom. The molecule has 1 N–H and O–H groups in total. The van der Waals surface area contributed by atoms with E-state index in [1.165, 1.54) is 4.90 Å². The molecule has 1 aliphatic heterocycles. The average Bonchev–Trinajstić information content (AvgIpc) is 3.02. The predicted molar refractivity (Wildman–Crippen MR) is 78.4 cm³/mol. The van der Waals surface area contributed by atoms with Crippen LogP contribution in [0.5, 0.6) is 5.75 Å². The minimum atomic E-state index is -0.642. The highest BCUT2D eigenvalue weighted by atomic mass is 35.5. The van der Waals surface area contributed by atoms with Gasteiger partial charge in [-0.15, -0.1) is 0 Å². The van der Waals surface area contributed by atoms with Crippen molar-refractivity contribution in [1.29, 1.82) is 0 Å². The van der Waals surface area contributed by atoms with Crippen molar-refractivity contribution in [3.05, 3.63) is 29.3 Å². The molecule has 0 radical (unpaired) electrons. The lowest BCUT2D eigenvalue weighted by atomic mass is 9.98. The van der Waals surface area contributed by atoms with Gasteiger partial charge < -0.3 is 10.1 Å². The molecule has 0 aromatic heterocycles. The monoisotopic (exact) mass is 308 g/mol. The standard InChI is InChI=1S/C15H17ClN2O3/c16-11-3-5-12(6-4-11)21-10-9-18-13(19)15(17-14(18)20)7-1-2-8-15/h3-6H,1-2,7-10H2,(H,17,20). The van der Waals surface area contributed by atoms with E-state index in [0.29, 0.717) is 10.8 Å². The van der Waals surface area contributed by atoms with Crippen molar-refractivity contribution in [2.45, 2.75) is 31.2 Å². The Labute approximate surface area is 128 Å². The third-order valence-electron chi connectivity index (χ3n) is 4.10. The zero-order valence-corrected chi connectivity index (χ0v) is 12.4. The van der Waals surface area contributed by atoms with Gasteiger partial charge in [-0.3, -0.25) is 9.69 Å². The molecule has 21 heavy (non-hydrogen) atoms. The Morgan fingerprint density at radius 2 is 1.86 bits per heavy atom. The van der Waals surface area contributed by atoms with Crippen LogP contribution >= 0.6 is 11.6 Å². The summed E-state index contributed by atoms with van der Waals surface area (Å²) >= 11 is 5.80. The van der Waals surface area contributed by atoms with Crippen LogP contribution in [0.2, 0.25) is 5.02 Å². The van der Waals surface area contributed by atoms with Crippen LogP contribution in [0.4, 0.5) is 4.79 Å². The van der Waals surface area contributed by atoms with Gasteiger partial charge in [0.2, 0.25) is 0 Å². The molecule has 1 saturated carbocycles. The zero-order chi connectivity index (χ0) is 14.9. The van der Waals surface area contributed by atoms with Crippen molar-refractivity contribution in [3.8, 4) is 5.75 Å². The van der Waals surface area contributed by atoms with Crippen molar-refractivity contribution in [2.24, 2.45) is 0 Å². The first-order chi connectivity index (χ1) is 10.1. The van der Waals surface area contributed by atoms with E-state index in [1.54, 1.807) is 24.3 Å². The highest BCUT2D eigenvalue weighted by Gasteiger charge is 2.52. The Morgan fingerprint density at radius 1 is 1.19 bits per heavy atom. The molecule has 0 bridgehead atoms. The van der Waals surface area contributed by atoms with Gasteiger partial charge in [0.15, 0.2) is 0 Å². The van der Waals surface area contributed by atoms with E-state index in [2.05, 4.69) is 5.32 Å². The van der Waals surface area contributed by atoms with E-state index in [9.17, 15) is 9.59 Å². The molecule has 1 aromatic carbocycles. The fourth-order valence-corrected chi connectivity index (χ4v) is 3.11. The largest absolute Gasteiger partial charge is 0.492 e. The summed E-state index contributed by atoms with van der Waals surface area (Å²) in [5.74, 6) is 0.562. The fraction of sp³-hybridized carbons (Fsp3) is 0.467. The maximum absolute atomic E-state index is 12.4. The van der Waals surface area contributed by atoms with Crippen molar-refractivity contribution >= 4 is 23.5 Å². The van der Waals surface area contributed by atoms with Crippen LogP contribution in [0.1, 0.15) is 25.7 Å². The van der Waals surface area contributed by atoms with Crippen LogP contribution in [0.15, 0.2) is 24.3 Å². The summed E-state index contributed by atoms with van der Waals surface area (Å²) in [4.78, 5) is 25.6. The Kier molecular flexibility index (Phi) is 3.76. The lowest BCUT2D eigenvalue weighted by Crippen LogP contribution is -2.44. The topological polar surface area (TPSA) is 58.6 Å². The molecule has 2 aliphatic rings. The predicted octanol–water partition coefficient (Wildman–Crippen LogP) is 2.58. The number of amides is 3. The molecule has 1 aliphatic carbocycles. The fourth-order valence-electron chi connectivity index (χ4n) is 2.98. The van der Waals surface area contributed by atoms with Gasteiger partial charge >= 0.3 is 6.03 Å². The Bertz CT molecular complexity index is 553. The summed E-state index contributed by atoms with van der Waals surface area (Å²) in [5.41, 5.74) is -0.642. The quantitative estimate of drug-likeness (QED) is 0.870. The van der Waals surface area contributed by atoms with Crippen molar-refractivity contribution in [3.63, 3.8) is 0 Å². The molecule has 3 amide bonds. The summed E-state index contributed by atoms with van der Waals surface area (Å²) in [6.45, 7) is 0.534. The van der Waals surface area contributed by atoms with Gasteiger partial charge in [0.05, 0.1) is 6.54 Å². The van der Waals surface area contributed by atoms with Gasteiger partial charge in [0, 0.05) is 5.02 Å². The molecule has 1 spiro atoms. The lowest BCUT2D eigenvalue weighted by molar-refractivity contribution is -0.131. The number of benzene rings is 1. The second kappa shape index (κ2) is 5.56.